The molecule has 2 aromatic carbocycles. The Morgan fingerprint density at radius 3 is 2.45 bits per heavy atom. The average molecular weight is 395 g/mol. The minimum atomic E-state index is -0.191. The molecule has 0 aromatic heterocycles. The fraction of sp³-hybridized carbons (Fsp3) is 0.417. The second-order valence-electron chi connectivity index (χ2n) is 7.51. The highest BCUT2D eigenvalue weighted by atomic mass is 16.5. The van der Waals surface area contributed by atoms with Crippen molar-refractivity contribution in [3.8, 4) is 11.5 Å². The SMILES string of the molecule is COc1cc(C(C)NC(=O)CCC(=O)c2ccccc2)ccc1OC1CCCC1. The van der Waals surface area contributed by atoms with Crippen LogP contribution in [0.15, 0.2) is 48.5 Å². The van der Waals surface area contributed by atoms with Gasteiger partial charge in [0.25, 0.3) is 0 Å². The van der Waals surface area contributed by atoms with Gasteiger partial charge in [0, 0.05) is 18.4 Å². The van der Waals surface area contributed by atoms with Gasteiger partial charge < -0.3 is 14.8 Å². The van der Waals surface area contributed by atoms with Gasteiger partial charge in [-0.1, -0.05) is 36.4 Å². The van der Waals surface area contributed by atoms with Crippen molar-refractivity contribution >= 4 is 11.7 Å². The van der Waals surface area contributed by atoms with Gasteiger partial charge in [0.15, 0.2) is 17.3 Å². The number of ether oxygens (including phenoxy) is 2. The van der Waals surface area contributed by atoms with Crippen LogP contribution in [0, 0.1) is 0 Å². The zero-order valence-electron chi connectivity index (χ0n) is 17.1. The van der Waals surface area contributed by atoms with Crippen LogP contribution in [0.2, 0.25) is 0 Å². The summed E-state index contributed by atoms with van der Waals surface area (Å²) in [5, 5.41) is 2.96. The van der Waals surface area contributed by atoms with Gasteiger partial charge in [-0.3, -0.25) is 9.59 Å². The van der Waals surface area contributed by atoms with Gasteiger partial charge in [-0.15, -0.1) is 0 Å². The number of carbonyl (C=O) groups is 2. The van der Waals surface area contributed by atoms with Gasteiger partial charge in [0.05, 0.1) is 19.3 Å². The summed E-state index contributed by atoms with van der Waals surface area (Å²) in [6.07, 6.45) is 5.20. The van der Waals surface area contributed by atoms with Crippen molar-refractivity contribution in [2.24, 2.45) is 0 Å². The van der Waals surface area contributed by atoms with E-state index >= 15 is 0 Å². The predicted octanol–water partition coefficient (Wildman–Crippen LogP) is 4.86. The summed E-state index contributed by atoms with van der Waals surface area (Å²) in [6.45, 7) is 1.92. The quantitative estimate of drug-likeness (QED) is 0.616. The Labute approximate surface area is 172 Å². The number of hydrogen-bond acceptors (Lipinski definition) is 4. The Balaban J connectivity index is 1.54. The summed E-state index contributed by atoms with van der Waals surface area (Å²) in [6, 6.07) is 14.6. The molecule has 1 unspecified atom stereocenters. The standard InChI is InChI=1S/C24H29NO4/c1-17(25-24(27)15-13-21(26)18-8-4-3-5-9-18)19-12-14-22(23(16-19)28-2)29-20-10-6-7-11-20/h3-5,8-9,12,14,16-17,20H,6-7,10-11,13,15H2,1-2H3,(H,25,27). The molecule has 1 atom stereocenters. The molecular formula is C24H29NO4. The Kier molecular flexibility index (Phi) is 7.28. The molecule has 0 saturated heterocycles. The molecule has 1 aliphatic rings. The third-order valence-electron chi connectivity index (χ3n) is 5.34. The first-order valence-electron chi connectivity index (χ1n) is 10.3. The van der Waals surface area contributed by atoms with Crippen molar-refractivity contribution in [3.05, 3.63) is 59.7 Å². The van der Waals surface area contributed by atoms with Gasteiger partial charge in [0.2, 0.25) is 5.91 Å². The molecule has 2 aromatic rings. The van der Waals surface area contributed by atoms with E-state index in [1.807, 2.05) is 43.3 Å². The molecular weight excluding hydrogens is 366 g/mol. The maximum Gasteiger partial charge on any atom is 0.220 e. The molecule has 0 spiro atoms. The van der Waals surface area contributed by atoms with Crippen molar-refractivity contribution in [2.45, 2.75) is 57.6 Å². The van der Waals surface area contributed by atoms with Crippen LogP contribution < -0.4 is 14.8 Å². The molecule has 1 fully saturated rings. The summed E-state index contributed by atoms with van der Waals surface area (Å²) >= 11 is 0. The number of nitrogens with one attached hydrogen (secondary N) is 1. The van der Waals surface area contributed by atoms with Gasteiger partial charge in [-0.2, -0.15) is 0 Å². The van der Waals surface area contributed by atoms with Crippen LogP contribution in [-0.2, 0) is 4.79 Å². The van der Waals surface area contributed by atoms with E-state index < -0.39 is 0 Å². The number of Topliss-reactive ketones (excluding diaryl/α,β-unsaturated/α-hetero) is 1. The number of rotatable bonds is 9. The lowest BCUT2D eigenvalue weighted by Crippen LogP contribution is -2.27. The summed E-state index contributed by atoms with van der Waals surface area (Å²) in [5.41, 5.74) is 1.57. The van der Waals surface area contributed by atoms with Gasteiger partial charge in [0.1, 0.15) is 0 Å². The largest absolute Gasteiger partial charge is 0.493 e. The number of hydrogen-bond donors (Lipinski definition) is 1. The number of amides is 1. The fourth-order valence-electron chi connectivity index (χ4n) is 3.63. The summed E-state index contributed by atoms with van der Waals surface area (Å²) in [7, 11) is 1.62. The molecule has 1 N–H and O–H groups in total. The lowest BCUT2D eigenvalue weighted by Gasteiger charge is -2.19. The maximum atomic E-state index is 12.3. The summed E-state index contributed by atoms with van der Waals surface area (Å²) < 4.78 is 11.6. The normalized spacial score (nSPS) is 15.0. The smallest absolute Gasteiger partial charge is 0.220 e. The first kappa shape index (κ1) is 20.9. The molecule has 0 aliphatic heterocycles. The minimum Gasteiger partial charge on any atom is -0.493 e. The van der Waals surface area contributed by atoms with Crippen LogP contribution in [0.5, 0.6) is 11.5 Å². The summed E-state index contributed by atoms with van der Waals surface area (Å²) in [5.74, 6) is 1.25. The predicted molar refractivity (Wildman–Crippen MR) is 112 cm³/mol. The topological polar surface area (TPSA) is 64.6 Å². The van der Waals surface area contributed by atoms with E-state index in [1.165, 1.54) is 12.8 Å². The lowest BCUT2D eigenvalue weighted by atomic mass is 10.1. The van der Waals surface area contributed by atoms with Crippen LogP contribution in [0.1, 0.15) is 67.4 Å². The minimum absolute atomic E-state index is 0.0245. The van der Waals surface area contributed by atoms with Crippen molar-refractivity contribution in [3.63, 3.8) is 0 Å². The Morgan fingerprint density at radius 2 is 1.76 bits per heavy atom. The number of methoxy groups -OCH3 is 1. The fourth-order valence-corrected chi connectivity index (χ4v) is 3.63. The summed E-state index contributed by atoms with van der Waals surface area (Å²) in [4.78, 5) is 24.5. The highest BCUT2D eigenvalue weighted by Crippen LogP contribution is 2.33. The Bertz CT molecular complexity index is 828. The van der Waals surface area contributed by atoms with E-state index in [1.54, 1.807) is 19.2 Å². The first-order chi connectivity index (χ1) is 14.1. The first-order valence-corrected chi connectivity index (χ1v) is 10.3. The van der Waals surface area contributed by atoms with Crippen molar-refractivity contribution in [1.29, 1.82) is 0 Å². The van der Waals surface area contributed by atoms with E-state index in [0.29, 0.717) is 11.3 Å². The number of carbonyl (C=O) groups excluding carboxylic acids is 2. The van der Waals surface area contributed by atoms with Crippen LogP contribution in [-0.4, -0.2) is 24.9 Å². The van der Waals surface area contributed by atoms with Crippen molar-refractivity contribution in [2.75, 3.05) is 7.11 Å². The van der Waals surface area contributed by atoms with E-state index in [0.717, 1.165) is 24.2 Å². The molecule has 3 rings (SSSR count). The highest BCUT2D eigenvalue weighted by Gasteiger charge is 2.19. The third kappa shape index (κ3) is 5.83. The van der Waals surface area contributed by atoms with Gasteiger partial charge >= 0.3 is 0 Å². The zero-order chi connectivity index (χ0) is 20.6. The van der Waals surface area contributed by atoms with E-state index in [2.05, 4.69) is 5.32 Å². The Morgan fingerprint density at radius 1 is 1.03 bits per heavy atom. The molecule has 0 radical (unpaired) electrons. The van der Waals surface area contributed by atoms with Crippen molar-refractivity contribution in [1.82, 2.24) is 5.32 Å². The molecule has 5 heteroatoms. The monoisotopic (exact) mass is 395 g/mol. The molecule has 0 heterocycles. The van der Waals surface area contributed by atoms with Gasteiger partial charge in [-0.25, -0.2) is 0 Å². The van der Waals surface area contributed by atoms with Crippen LogP contribution >= 0.6 is 0 Å². The van der Waals surface area contributed by atoms with E-state index in [4.69, 9.17) is 9.47 Å². The molecule has 1 saturated carbocycles. The zero-order valence-corrected chi connectivity index (χ0v) is 17.1. The Hall–Kier alpha value is -2.82. The lowest BCUT2D eigenvalue weighted by molar-refractivity contribution is -0.121. The van der Waals surface area contributed by atoms with Crippen LogP contribution in [0.25, 0.3) is 0 Å². The van der Waals surface area contributed by atoms with Crippen LogP contribution in [0.3, 0.4) is 0 Å². The van der Waals surface area contributed by atoms with E-state index in [-0.39, 0.29) is 36.7 Å². The van der Waals surface area contributed by atoms with Crippen molar-refractivity contribution < 1.29 is 19.1 Å². The third-order valence-corrected chi connectivity index (χ3v) is 5.34. The maximum absolute atomic E-state index is 12.3. The van der Waals surface area contributed by atoms with E-state index in [9.17, 15) is 9.59 Å². The van der Waals surface area contributed by atoms with Gasteiger partial charge in [-0.05, 0) is 50.3 Å². The molecule has 29 heavy (non-hydrogen) atoms. The van der Waals surface area contributed by atoms with Crippen LogP contribution in [0.4, 0.5) is 0 Å². The molecule has 5 nitrogen and oxygen atoms in total. The number of benzene rings is 2. The number of ketones is 1. The molecule has 1 aliphatic carbocycles. The average Bonchev–Trinajstić information content (AvgIpc) is 3.26. The molecule has 154 valence electrons. The second kappa shape index (κ2) is 10.1. The highest BCUT2D eigenvalue weighted by molar-refractivity contribution is 5.97. The molecule has 0 bridgehead atoms. The second-order valence-corrected chi connectivity index (χ2v) is 7.51. The molecule has 1 amide bonds.